The molecule has 0 spiro atoms. The Morgan fingerprint density at radius 1 is 1.00 bits per heavy atom. The molecule has 0 aliphatic rings. The van der Waals surface area contributed by atoms with Crippen molar-refractivity contribution in [3.8, 4) is 5.75 Å². The van der Waals surface area contributed by atoms with Crippen LogP contribution < -0.4 is 15.4 Å². The summed E-state index contributed by atoms with van der Waals surface area (Å²) in [4.78, 5) is 63.9. The summed E-state index contributed by atoms with van der Waals surface area (Å²) in [6, 6.07) is 2.28. The van der Waals surface area contributed by atoms with E-state index in [4.69, 9.17) is 5.11 Å². The van der Waals surface area contributed by atoms with Crippen LogP contribution in [0.25, 0.3) is 0 Å². The molecule has 1 rings (SSSR count). The second-order valence-electron chi connectivity index (χ2n) is 4.40. The van der Waals surface area contributed by atoms with Crippen LogP contribution in [0, 0.1) is 20.2 Å². The van der Waals surface area contributed by atoms with Crippen molar-refractivity contribution in [2.45, 2.75) is 0 Å². The van der Waals surface area contributed by atoms with Gasteiger partial charge in [0.25, 0.3) is 5.69 Å². The summed E-state index contributed by atoms with van der Waals surface area (Å²) in [7, 11) is 0. The molecule has 3 N–H and O–H groups in total. The van der Waals surface area contributed by atoms with Gasteiger partial charge in [0.2, 0.25) is 5.75 Å². The Balaban J connectivity index is 2.69. The Labute approximate surface area is 143 Å². The first-order chi connectivity index (χ1) is 12.1. The topological polar surface area (TPSA) is 208 Å². The average Bonchev–Trinajstić information content (AvgIpc) is 2.57. The predicted molar refractivity (Wildman–Crippen MR) is 79.0 cm³/mol. The van der Waals surface area contributed by atoms with E-state index in [9.17, 15) is 39.4 Å². The SMILES string of the molecule is O=C(O)CNC(=O)C(=O)NCC(=O)Oc1ccc([N+](=O)[O-])cc1[N+](=O)[O-]. The number of rotatable bonds is 7. The van der Waals surface area contributed by atoms with E-state index in [1.54, 1.807) is 5.32 Å². The van der Waals surface area contributed by atoms with Gasteiger partial charge in [-0.2, -0.15) is 0 Å². The number of nitrogens with one attached hydrogen (secondary N) is 2. The van der Waals surface area contributed by atoms with Gasteiger partial charge in [-0.15, -0.1) is 0 Å². The zero-order valence-corrected chi connectivity index (χ0v) is 12.7. The molecular weight excluding hydrogens is 360 g/mol. The number of hydrogen-bond acceptors (Lipinski definition) is 9. The summed E-state index contributed by atoms with van der Waals surface area (Å²) in [6.45, 7) is -1.68. The molecule has 2 amide bonds. The van der Waals surface area contributed by atoms with E-state index >= 15 is 0 Å². The van der Waals surface area contributed by atoms with Crippen molar-refractivity contribution in [1.82, 2.24) is 10.6 Å². The Kier molecular flexibility index (Phi) is 6.65. The molecule has 0 bridgehead atoms. The number of non-ortho nitro benzene ring substituents is 1. The molecule has 0 radical (unpaired) electrons. The minimum Gasteiger partial charge on any atom is -0.480 e. The lowest BCUT2D eigenvalue weighted by Gasteiger charge is -2.06. The Hall–Kier alpha value is -4.10. The van der Waals surface area contributed by atoms with Gasteiger partial charge in [-0.3, -0.25) is 34.6 Å². The summed E-state index contributed by atoms with van der Waals surface area (Å²) >= 11 is 0. The fraction of sp³-hybridized carbons (Fsp3) is 0.167. The summed E-state index contributed by atoms with van der Waals surface area (Å²) in [5.74, 6) is -5.85. The van der Waals surface area contributed by atoms with Crippen LogP contribution in [0.2, 0.25) is 0 Å². The number of nitro benzene ring substituents is 2. The third-order valence-corrected chi connectivity index (χ3v) is 2.57. The monoisotopic (exact) mass is 370 g/mol. The Morgan fingerprint density at radius 3 is 2.08 bits per heavy atom. The van der Waals surface area contributed by atoms with Gasteiger partial charge < -0.3 is 20.5 Å². The van der Waals surface area contributed by atoms with Crippen LogP contribution >= 0.6 is 0 Å². The molecule has 0 saturated carbocycles. The number of benzene rings is 1. The van der Waals surface area contributed by atoms with Crippen LogP contribution in [0.15, 0.2) is 18.2 Å². The number of ether oxygens (including phenoxy) is 1. The van der Waals surface area contributed by atoms with Crippen molar-refractivity contribution >= 4 is 35.1 Å². The number of aliphatic carboxylic acids is 1. The molecule has 138 valence electrons. The molecule has 0 fully saturated rings. The molecule has 26 heavy (non-hydrogen) atoms. The summed E-state index contributed by atoms with van der Waals surface area (Å²) in [6.07, 6.45) is 0. The minimum atomic E-state index is -1.39. The van der Waals surface area contributed by atoms with Gasteiger partial charge in [0.1, 0.15) is 13.1 Å². The van der Waals surface area contributed by atoms with Crippen molar-refractivity contribution in [1.29, 1.82) is 0 Å². The van der Waals surface area contributed by atoms with E-state index in [0.717, 1.165) is 12.1 Å². The van der Waals surface area contributed by atoms with E-state index in [0.29, 0.717) is 6.07 Å². The maximum atomic E-state index is 11.6. The molecule has 14 nitrogen and oxygen atoms in total. The lowest BCUT2D eigenvalue weighted by molar-refractivity contribution is -0.394. The minimum absolute atomic E-state index is 0.584. The van der Waals surface area contributed by atoms with Crippen LogP contribution in [0.3, 0.4) is 0 Å². The molecule has 0 aliphatic heterocycles. The average molecular weight is 370 g/mol. The number of carbonyl (C=O) groups excluding carboxylic acids is 3. The number of nitrogens with zero attached hydrogens (tertiary/aromatic N) is 2. The molecule has 0 aliphatic carbocycles. The summed E-state index contributed by atoms with van der Waals surface area (Å²) < 4.78 is 4.63. The first kappa shape index (κ1) is 19.9. The number of nitro groups is 2. The highest BCUT2D eigenvalue weighted by Crippen LogP contribution is 2.30. The maximum absolute atomic E-state index is 11.6. The molecule has 0 heterocycles. The van der Waals surface area contributed by atoms with Gasteiger partial charge in [-0.05, 0) is 6.07 Å². The predicted octanol–water partition coefficient (Wildman–Crippen LogP) is -1.27. The number of amides is 2. The van der Waals surface area contributed by atoms with Crippen LogP contribution in [-0.4, -0.2) is 51.8 Å². The third kappa shape index (κ3) is 5.84. The molecule has 14 heteroatoms. The fourth-order valence-electron chi connectivity index (χ4n) is 1.48. The highest BCUT2D eigenvalue weighted by Gasteiger charge is 2.23. The maximum Gasteiger partial charge on any atom is 0.331 e. The van der Waals surface area contributed by atoms with E-state index < -0.39 is 63.8 Å². The lowest BCUT2D eigenvalue weighted by Crippen LogP contribution is -2.44. The van der Waals surface area contributed by atoms with Crippen molar-refractivity contribution < 1.29 is 38.9 Å². The van der Waals surface area contributed by atoms with Gasteiger partial charge in [0.15, 0.2) is 0 Å². The Bertz CT molecular complexity index is 790. The van der Waals surface area contributed by atoms with Gasteiger partial charge in [0.05, 0.1) is 15.9 Å². The number of carboxylic acids is 1. The second-order valence-corrected chi connectivity index (χ2v) is 4.40. The van der Waals surface area contributed by atoms with Crippen LogP contribution in [-0.2, 0) is 19.2 Å². The van der Waals surface area contributed by atoms with Crippen molar-refractivity contribution in [3.63, 3.8) is 0 Å². The highest BCUT2D eigenvalue weighted by molar-refractivity contribution is 6.35. The smallest absolute Gasteiger partial charge is 0.331 e. The molecule has 1 aromatic carbocycles. The number of carbonyl (C=O) groups is 4. The van der Waals surface area contributed by atoms with Crippen molar-refractivity contribution in [2.24, 2.45) is 0 Å². The number of carboxylic acid groups (broad SMARTS) is 1. The zero-order valence-electron chi connectivity index (χ0n) is 12.7. The summed E-state index contributed by atoms with van der Waals surface area (Å²) in [5, 5.41) is 33.4. The Morgan fingerprint density at radius 2 is 1.58 bits per heavy atom. The summed E-state index contributed by atoms with van der Waals surface area (Å²) in [5.41, 5.74) is -1.45. The molecule has 1 aromatic rings. The normalized spacial score (nSPS) is 9.69. The zero-order chi connectivity index (χ0) is 19.9. The lowest BCUT2D eigenvalue weighted by atomic mass is 10.2. The molecule has 0 atom stereocenters. The first-order valence-electron chi connectivity index (χ1n) is 6.53. The largest absolute Gasteiger partial charge is 0.480 e. The van der Waals surface area contributed by atoms with E-state index in [-0.39, 0.29) is 0 Å². The van der Waals surface area contributed by atoms with Crippen LogP contribution in [0.4, 0.5) is 11.4 Å². The second kappa shape index (κ2) is 8.67. The van der Waals surface area contributed by atoms with Gasteiger partial charge in [-0.25, -0.2) is 4.79 Å². The van der Waals surface area contributed by atoms with Crippen molar-refractivity contribution in [3.05, 3.63) is 38.4 Å². The molecule has 0 aromatic heterocycles. The van der Waals surface area contributed by atoms with E-state index in [1.807, 2.05) is 5.32 Å². The first-order valence-corrected chi connectivity index (χ1v) is 6.53. The third-order valence-electron chi connectivity index (χ3n) is 2.57. The van der Waals surface area contributed by atoms with Gasteiger partial charge in [-0.1, -0.05) is 0 Å². The molecule has 0 saturated heterocycles. The number of hydrogen-bond donors (Lipinski definition) is 3. The molecule has 0 unspecified atom stereocenters. The quantitative estimate of drug-likeness (QED) is 0.170. The van der Waals surface area contributed by atoms with E-state index in [1.165, 1.54) is 0 Å². The standard InChI is InChI=1S/C12H10N4O10/c17-9(18)4-13-11(20)12(21)14-5-10(19)26-8-2-1-6(15(22)23)3-7(8)16(24)25/h1-3H,4-5H2,(H,13,20)(H,14,21)(H,17,18). The molecular formula is C12H10N4O10. The van der Waals surface area contributed by atoms with Crippen LogP contribution in [0.1, 0.15) is 0 Å². The fourth-order valence-corrected chi connectivity index (χ4v) is 1.48. The van der Waals surface area contributed by atoms with E-state index in [2.05, 4.69) is 4.74 Å². The highest BCUT2D eigenvalue weighted by atomic mass is 16.6. The van der Waals surface area contributed by atoms with Gasteiger partial charge >= 0.3 is 29.4 Å². The van der Waals surface area contributed by atoms with Crippen LogP contribution in [0.5, 0.6) is 5.75 Å². The number of esters is 1. The van der Waals surface area contributed by atoms with Gasteiger partial charge in [0, 0.05) is 6.07 Å². The van der Waals surface area contributed by atoms with Crippen molar-refractivity contribution in [2.75, 3.05) is 13.1 Å².